The lowest BCUT2D eigenvalue weighted by atomic mass is 9.97. The first-order valence-corrected chi connectivity index (χ1v) is 15.6. The van der Waals surface area contributed by atoms with E-state index < -0.39 is 28.1 Å². The molecule has 0 bridgehead atoms. The Bertz CT molecular complexity index is 1380. The first-order chi connectivity index (χ1) is 19.2. The van der Waals surface area contributed by atoms with Crippen LogP contribution in [0.2, 0.25) is 0 Å². The molecule has 1 aliphatic rings. The fraction of sp³-hybridized carbons (Fsp3) is 0.323. The molecule has 0 aromatic heterocycles. The van der Waals surface area contributed by atoms with Gasteiger partial charge in [-0.05, 0) is 60.2 Å². The number of halogens is 1. The Morgan fingerprint density at radius 1 is 0.975 bits per heavy atom. The summed E-state index contributed by atoms with van der Waals surface area (Å²) >= 11 is 3.32. The summed E-state index contributed by atoms with van der Waals surface area (Å²) in [4.78, 5) is 10.9. The Labute approximate surface area is 244 Å². The molecule has 1 fully saturated rings. The summed E-state index contributed by atoms with van der Waals surface area (Å²) in [5.74, 6) is -1.14. The van der Waals surface area contributed by atoms with Crippen LogP contribution in [0.25, 0.3) is 11.1 Å². The molecule has 4 rings (SSSR count). The zero-order valence-electron chi connectivity index (χ0n) is 22.0. The van der Waals surface area contributed by atoms with Gasteiger partial charge in [-0.25, -0.2) is 13.1 Å². The van der Waals surface area contributed by atoms with Crippen molar-refractivity contribution in [1.82, 2.24) is 4.72 Å². The van der Waals surface area contributed by atoms with Gasteiger partial charge < -0.3 is 14.9 Å². The second-order valence-electron chi connectivity index (χ2n) is 9.97. The van der Waals surface area contributed by atoms with Crippen LogP contribution in [0.5, 0.6) is 0 Å². The average Bonchev–Trinajstić information content (AvgIpc) is 3.23. The minimum Gasteiger partial charge on any atom is -0.481 e. The molecule has 0 spiro atoms. The molecule has 0 heterocycles. The van der Waals surface area contributed by atoms with Crippen LogP contribution in [0.1, 0.15) is 37.7 Å². The Kier molecular flexibility index (Phi) is 10.7. The van der Waals surface area contributed by atoms with E-state index in [1.807, 2.05) is 54.6 Å². The van der Waals surface area contributed by atoms with E-state index in [9.17, 15) is 18.3 Å². The van der Waals surface area contributed by atoms with Crippen molar-refractivity contribution in [2.75, 3.05) is 0 Å². The van der Waals surface area contributed by atoms with Crippen LogP contribution >= 0.6 is 15.9 Å². The van der Waals surface area contributed by atoms with Crippen LogP contribution in [-0.2, 0) is 26.2 Å². The number of hydrogen-bond acceptors (Lipinski definition) is 5. The fourth-order valence-corrected chi connectivity index (χ4v) is 6.55. The topological polar surface area (TPSA) is 113 Å². The zero-order valence-corrected chi connectivity index (χ0v) is 24.4. The first-order valence-electron chi connectivity index (χ1n) is 13.3. The molecule has 1 saturated carbocycles. The SMILES string of the molecule is O=C(O)CCC/C=C\C[C@@H]1[C@@H](NS(=O)(=O)c2ccc(Br)cc2)[C@H](O)C[C@@H]1OCc1ccc(-c2ccccc2)cc1. The van der Waals surface area contributed by atoms with Crippen LogP contribution in [-0.4, -0.2) is 42.8 Å². The molecule has 3 N–H and O–H groups in total. The van der Waals surface area contributed by atoms with Gasteiger partial charge in [0.1, 0.15) is 0 Å². The summed E-state index contributed by atoms with van der Waals surface area (Å²) in [6.45, 7) is 0.331. The van der Waals surface area contributed by atoms with E-state index in [-0.39, 0.29) is 23.3 Å². The molecule has 3 aromatic rings. The molecular weight excluding hydrogens is 594 g/mol. The van der Waals surface area contributed by atoms with Crippen LogP contribution < -0.4 is 4.72 Å². The van der Waals surface area contributed by atoms with E-state index in [2.05, 4.69) is 32.8 Å². The van der Waals surface area contributed by atoms with Crippen molar-refractivity contribution in [3.8, 4) is 11.1 Å². The van der Waals surface area contributed by atoms with Gasteiger partial charge in [-0.3, -0.25) is 4.79 Å². The Morgan fingerprint density at radius 2 is 1.65 bits per heavy atom. The summed E-state index contributed by atoms with van der Waals surface area (Å²) in [5.41, 5.74) is 3.22. The van der Waals surface area contributed by atoms with Crippen molar-refractivity contribution in [3.05, 3.63) is 101 Å². The lowest BCUT2D eigenvalue weighted by molar-refractivity contribution is -0.137. The van der Waals surface area contributed by atoms with Crippen molar-refractivity contribution >= 4 is 31.9 Å². The summed E-state index contributed by atoms with van der Waals surface area (Å²) in [6.07, 6.45) is 4.56. The molecule has 1 aliphatic carbocycles. The number of allylic oxidation sites excluding steroid dienone is 2. The van der Waals surface area contributed by atoms with E-state index in [1.54, 1.807) is 12.1 Å². The van der Waals surface area contributed by atoms with Crippen LogP contribution in [0.3, 0.4) is 0 Å². The molecule has 4 atom stereocenters. The monoisotopic (exact) mass is 627 g/mol. The molecule has 0 saturated heterocycles. The van der Waals surface area contributed by atoms with E-state index in [0.29, 0.717) is 32.3 Å². The maximum Gasteiger partial charge on any atom is 0.303 e. The number of nitrogens with one attached hydrogen (secondary N) is 1. The number of ether oxygens (including phenoxy) is 1. The van der Waals surface area contributed by atoms with Gasteiger partial charge in [-0.15, -0.1) is 0 Å². The van der Waals surface area contributed by atoms with Crippen molar-refractivity contribution in [2.45, 2.75) is 61.9 Å². The lowest BCUT2D eigenvalue weighted by Gasteiger charge is -2.25. The molecular formula is C31H34BrNO6S. The highest BCUT2D eigenvalue weighted by molar-refractivity contribution is 9.10. The number of carbonyl (C=O) groups is 1. The quantitative estimate of drug-likeness (QED) is 0.160. The molecule has 7 nitrogen and oxygen atoms in total. The molecule has 0 radical (unpaired) electrons. The third-order valence-corrected chi connectivity index (χ3v) is 9.11. The minimum absolute atomic E-state index is 0.0941. The maximum atomic E-state index is 13.2. The number of rotatable bonds is 13. The number of sulfonamides is 1. The normalized spacial score (nSPS) is 21.1. The molecule has 212 valence electrons. The molecule has 0 aliphatic heterocycles. The van der Waals surface area contributed by atoms with Crippen molar-refractivity contribution in [1.29, 1.82) is 0 Å². The summed E-state index contributed by atoms with van der Waals surface area (Å²) in [5, 5.41) is 19.8. The van der Waals surface area contributed by atoms with Gasteiger partial charge in [0.25, 0.3) is 0 Å². The third-order valence-electron chi connectivity index (χ3n) is 7.10. The van der Waals surface area contributed by atoms with Crippen LogP contribution in [0, 0.1) is 5.92 Å². The van der Waals surface area contributed by atoms with E-state index in [0.717, 1.165) is 21.2 Å². The van der Waals surface area contributed by atoms with Gasteiger partial charge in [0.15, 0.2) is 0 Å². The second kappa shape index (κ2) is 14.2. The number of benzene rings is 3. The maximum absolute atomic E-state index is 13.2. The molecule has 3 aromatic carbocycles. The number of carboxylic acid groups (broad SMARTS) is 1. The number of carboxylic acids is 1. The summed E-state index contributed by atoms with van der Waals surface area (Å²) in [7, 11) is -3.87. The number of aliphatic hydroxyl groups is 1. The van der Waals surface area contributed by atoms with Crippen molar-refractivity contribution in [3.63, 3.8) is 0 Å². The number of aliphatic hydroxyl groups excluding tert-OH is 1. The van der Waals surface area contributed by atoms with Gasteiger partial charge in [-0.1, -0.05) is 82.7 Å². The van der Waals surface area contributed by atoms with Crippen LogP contribution in [0.4, 0.5) is 0 Å². The minimum atomic E-state index is -3.87. The van der Waals surface area contributed by atoms with Gasteiger partial charge in [0.05, 0.1) is 29.8 Å². The molecule has 0 unspecified atom stereocenters. The smallest absolute Gasteiger partial charge is 0.303 e. The first kappa shape index (κ1) is 30.1. The Morgan fingerprint density at radius 3 is 2.33 bits per heavy atom. The van der Waals surface area contributed by atoms with Gasteiger partial charge in [0.2, 0.25) is 10.0 Å². The van der Waals surface area contributed by atoms with Gasteiger partial charge in [0, 0.05) is 23.2 Å². The molecule has 9 heteroatoms. The van der Waals surface area contributed by atoms with Gasteiger partial charge >= 0.3 is 5.97 Å². The number of hydrogen-bond donors (Lipinski definition) is 3. The predicted molar refractivity (Wildman–Crippen MR) is 158 cm³/mol. The third kappa shape index (κ3) is 8.34. The summed E-state index contributed by atoms with van der Waals surface area (Å²) in [6, 6.07) is 23.8. The largest absolute Gasteiger partial charge is 0.481 e. The number of unbranched alkanes of at least 4 members (excludes halogenated alkanes) is 1. The van der Waals surface area contributed by atoms with E-state index in [4.69, 9.17) is 9.84 Å². The second-order valence-corrected chi connectivity index (χ2v) is 12.6. The van der Waals surface area contributed by atoms with Crippen molar-refractivity contribution in [2.24, 2.45) is 5.92 Å². The molecule has 40 heavy (non-hydrogen) atoms. The lowest BCUT2D eigenvalue weighted by Crippen LogP contribution is -2.44. The Hall–Kier alpha value is -2.82. The van der Waals surface area contributed by atoms with Crippen LogP contribution in [0.15, 0.2) is 100 Å². The highest BCUT2D eigenvalue weighted by Crippen LogP contribution is 2.34. The summed E-state index contributed by atoms with van der Waals surface area (Å²) < 4.78 is 36.1. The van der Waals surface area contributed by atoms with Gasteiger partial charge in [-0.2, -0.15) is 0 Å². The number of aliphatic carboxylic acids is 1. The van der Waals surface area contributed by atoms with E-state index >= 15 is 0 Å². The average molecular weight is 629 g/mol. The molecule has 0 amide bonds. The highest BCUT2D eigenvalue weighted by atomic mass is 79.9. The zero-order chi connectivity index (χ0) is 28.5. The van der Waals surface area contributed by atoms with E-state index in [1.165, 1.54) is 12.1 Å². The predicted octanol–water partition coefficient (Wildman–Crippen LogP) is 5.93. The fourth-order valence-electron chi connectivity index (χ4n) is 4.96. The van der Waals surface area contributed by atoms with Crippen molar-refractivity contribution < 1.29 is 28.2 Å². The standard InChI is InChI=1S/C31H34BrNO6S/c32-25-16-18-26(19-17-25)40(37,38)33-31-27(10-6-1-2-7-11-30(35)36)29(20-28(31)34)39-21-22-12-14-24(15-13-22)23-8-4-3-5-9-23/h1,3-6,8-9,12-19,27-29,31,33-34H,2,7,10-11,20-21H2,(H,35,36)/b6-1-/t27-,28+,29-,31+/m0/s1. The Balaban J connectivity index is 1.45. The highest BCUT2D eigenvalue weighted by Gasteiger charge is 2.44.